The summed E-state index contributed by atoms with van der Waals surface area (Å²) in [6, 6.07) is 9.36. The minimum absolute atomic E-state index is 0.0882. The van der Waals surface area contributed by atoms with E-state index in [0.29, 0.717) is 11.1 Å². The van der Waals surface area contributed by atoms with Crippen LogP contribution in [0.5, 0.6) is 0 Å². The number of carboxylic acid groups (broad SMARTS) is 1. The quantitative estimate of drug-likeness (QED) is 0.904. The number of hydrogen-bond acceptors (Lipinski definition) is 4. The number of hydrogen-bond donors (Lipinski definition) is 2. The number of carbonyl (C=O) groups is 1. The first-order valence-electron chi connectivity index (χ1n) is 6.72. The first-order chi connectivity index (χ1) is 9.74. The van der Waals surface area contributed by atoms with Crippen LogP contribution in [0.2, 0.25) is 0 Å². The lowest BCUT2D eigenvalue weighted by Crippen LogP contribution is -2.15. The van der Waals surface area contributed by atoms with E-state index in [2.05, 4.69) is 10.3 Å². The third-order valence-electron chi connectivity index (χ3n) is 3.48. The van der Waals surface area contributed by atoms with Gasteiger partial charge >= 0.3 is 5.97 Å². The first-order valence-corrected chi connectivity index (χ1v) is 7.77. The van der Waals surface area contributed by atoms with Gasteiger partial charge in [-0.25, -0.2) is 9.78 Å². The Kier molecular flexibility index (Phi) is 3.78. The van der Waals surface area contributed by atoms with Gasteiger partial charge < -0.3 is 10.4 Å². The maximum atomic E-state index is 11.2. The molecule has 2 heterocycles. The lowest BCUT2D eigenvalue weighted by atomic mass is 10.1. The Morgan fingerprint density at radius 3 is 3.05 bits per heavy atom. The number of thioether (sulfide) groups is 1. The molecule has 1 aliphatic heterocycles. The molecule has 0 saturated carbocycles. The van der Waals surface area contributed by atoms with Gasteiger partial charge in [-0.3, -0.25) is 0 Å². The first kappa shape index (κ1) is 13.2. The molecule has 0 amide bonds. The van der Waals surface area contributed by atoms with Crippen LogP contribution in [0.4, 0.5) is 5.82 Å². The fraction of sp³-hybridized carbons (Fsp3) is 0.333. The number of aromatic carboxylic acids is 1. The minimum atomic E-state index is -0.992. The summed E-state index contributed by atoms with van der Waals surface area (Å²) >= 11 is 1.97. The summed E-state index contributed by atoms with van der Waals surface area (Å²) in [4.78, 5) is 15.4. The largest absolute Gasteiger partial charge is 0.477 e. The zero-order valence-corrected chi connectivity index (χ0v) is 11.8. The molecule has 4 nitrogen and oxygen atoms in total. The maximum absolute atomic E-state index is 11.2. The van der Waals surface area contributed by atoms with Crippen molar-refractivity contribution in [2.75, 3.05) is 17.6 Å². The highest BCUT2D eigenvalue weighted by Gasteiger charge is 2.16. The molecule has 3 rings (SSSR count). The highest BCUT2D eigenvalue weighted by Crippen LogP contribution is 2.28. The smallest absolute Gasteiger partial charge is 0.354 e. The molecule has 1 fully saturated rings. The lowest BCUT2D eigenvalue weighted by molar-refractivity contribution is 0.0691. The Labute approximate surface area is 121 Å². The van der Waals surface area contributed by atoms with E-state index in [-0.39, 0.29) is 5.69 Å². The second-order valence-electron chi connectivity index (χ2n) is 4.90. The van der Waals surface area contributed by atoms with Gasteiger partial charge in [-0.05, 0) is 30.0 Å². The molecule has 20 heavy (non-hydrogen) atoms. The van der Waals surface area contributed by atoms with E-state index >= 15 is 0 Å². The topological polar surface area (TPSA) is 62.2 Å². The molecule has 1 aromatic heterocycles. The zero-order chi connectivity index (χ0) is 13.9. The number of pyridine rings is 1. The molecule has 5 heteroatoms. The molecule has 1 aromatic carbocycles. The van der Waals surface area contributed by atoms with Gasteiger partial charge in [-0.2, -0.15) is 11.8 Å². The molecule has 2 aromatic rings. The van der Waals surface area contributed by atoms with E-state index in [9.17, 15) is 4.79 Å². The number of nitrogens with one attached hydrogen (secondary N) is 1. The summed E-state index contributed by atoms with van der Waals surface area (Å²) in [5, 5.41) is 15.0. The van der Waals surface area contributed by atoms with Crippen LogP contribution in [0.25, 0.3) is 10.8 Å². The molecule has 0 bridgehead atoms. The van der Waals surface area contributed by atoms with E-state index in [1.54, 1.807) is 6.07 Å². The predicted molar refractivity (Wildman–Crippen MR) is 82.7 cm³/mol. The van der Waals surface area contributed by atoms with Crippen LogP contribution in [-0.2, 0) is 0 Å². The zero-order valence-electron chi connectivity index (χ0n) is 11.0. The third-order valence-corrected chi connectivity index (χ3v) is 4.88. The van der Waals surface area contributed by atoms with Gasteiger partial charge in [0.05, 0.1) is 0 Å². The number of carboxylic acids is 1. The molecule has 1 atom stereocenters. The van der Waals surface area contributed by atoms with Gasteiger partial charge in [0.1, 0.15) is 5.82 Å². The molecule has 0 aliphatic carbocycles. The molecule has 1 saturated heterocycles. The summed E-state index contributed by atoms with van der Waals surface area (Å²) in [5.41, 5.74) is 0.0882. The fourth-order valence-corrected chi connectivity index (χ4v) is 3.66. The van der Waals surface area contributed by atoms with Crippen LogP contribution in [0.15, 0.2) is 30.3 Å². The van der Waals surface area contributed by atoms with Crippen LogP contribution in [0.3, 0.4) is 0 Å². The van der Waals surface area contributed by atoms with Gasteiger partial charge in [0.25, 0.3) is 0 Å². The third kappa shape index (κ3) is 2.72. The summed E-state index contributed by atoms with van der Waals surface area (Å²) in [5.74, 6) is 0.900. The van der Waals surface area contributed by atoms with Crippen molar-refractivity contribution in [3.05, 3.63) is 36.0 Å². The van der Waals surface area contributed by atoms with Gasteiger partial charge in [0, 0.05) is 17.2 Å². The molecule has 0 spiro atoms. The highest BCUT2D eigenvalue weighted by atomic mass is 32.2. The van der Waals surface area contributed by atoms with Crippen molar-refractivity contribution < 1.29 is 9.90 Å². The second-order valence-corrected chi connectivity index (χ2v) is 6.31. The Morgan fingerprint density at radius 1 is 1.45 bits per heavy atom. The Bertz CT molecular complexity index is 639. The Hall–Kier alpha value is -1.75. The summed E-state index contributed by atoms with van der Waals surface area (Å²) in [7, 11) is 0. The summed E-state index contributed by atoms with van der Waals surface area (Å²) in [6.45, 7) is 0.838. The Balaban J connectivity index is 1.92. The Morgan fingerprint density at radius 2 is 2.30 bits per heavy atom. The van der Waals surface area contributed by atoms with E-state index in [4.69, 9.17) is 5.11 Å². The molecule has 2 N–H and O–H groups in total. The molecule has 0 radical (unpaired) electrons. The van der Waals surface area contributed by atoms with Crippen molar-refractivity contribution in [3.63, 3.8) is 0 Å². The van der Waals surface area contributed by atoms with Crippen molar-refractivity contribution in [2.24, 2.45) is 0 Å². The minimum Gasteiger partial charge on any atom is -0.477 e. The second kappa shape index (κ2) is 5.71. The number of aromatic nitrogens is 1. The average molecular weight is 288 g/mol. The van der Waals surface area contributed by atoms with E-state index < -0.39 is 5.97 Å². The van der Waals surface area contributed by atoms with Crippen molar-refractivity contribution in [1.29, 1.82) is 0 Å². The predicted octanol–water partition coefficient (Wildman–Crippen LogP) is 3.24. The molecule has 104 valence electrons. The van der Waals surface area contributed by atoms with E-state index in [1.165, 1.54) is 18.6 Å². The number of rotatable bonds is 4. The lowest BCUT2D eigenvalue weighted by Gasteiger charge is -2.13. The number of benzene rings is 1. The number of fused-ring (bicyclic) bond motifs is 1. The standard InChI is InChI=1S/C15H16N2O2S/c18-15(19)13-8-10-4-1-2-6-12(10)14(17-13)16-9-11-5-3-7-20-11/h1-2,4,6,8,11H,3,5,7,9H2,(H,16,17)(H,18,19). The number of anilines is 1. The average Bonchev–Trinajstić information content (AvgIpc) is 2.97. The van der Waals surface area contributed by atoms with Crippen molar-refractivity contribution in [3.8, 4) is 0 Å². The van der Waals surface area contributed by atoms with Crippen molar-refractivity contribution in [1.82, 2.24) is 4.98 Å². The van der Waals surface area contributed by atoms with Gasteiger partial charge in [0.2, 0.25) is 0 Å². The van der Waals surface area contributed by atoms with Crippen LogP contribution in [-0.4, -0.2) is 33.6 Å². The van der Waals surface area contributed by atoms with E-state index in [1.807, 2.05) is 36.0 Å². The van der Waals surface area contributed by atoms with Crippen LogP contribution < -0.4 is 5.32 Å². The summed E-state index contributed by atoms with van der Waals surface area (Å²) < 4.78 is 0. The fourth-order valence-electron chi connectivity index (χ4n) is 2.46. The number of nitrogens with zero attached hydrogens (tertiary/aromatic N) is 1. The van der Waals surface area contributed by atoms with Crippen LogP contribution in [0, 0.1) is 0 Å². The molecular weight excluding hydrogens is 272 g/mol. The maximum Gasteiger partial charge on any atom is 0.354 e. The SMILES string of the molecule is O=C(O)c1cc2ccccc2c(NCC2CCCS2)n1. The van der Waals surface area contributed by atoms with Crippen LogP contribution >= 0.6 is 11.8 Å². The van der Waals surface area contributed by atoms with Gasteiger partial charge in [-0.1, -0.05) is 24.3 Å². The van der Waals surface area contributed by atoms with Crippen LogP contribution in [0.1, 0.15) is 23.3 Å². The normalized spacial score (nSPS) is 18.3. The monoisotopic (exact) mass is 288 g/mol. The summed E-state index contributed by atoms with van der Waals surface area (Å²) in [6.07, 6.45) is 2.48. The van der Waals surface area contributed by atoms with Crippen molar-refractivity contribution >= 4 is 34.3 Å². The molecule has 1 unspecified atom stereocenters. The highest BCUT2D eigenvalue weighted by molar-refractivity contribution is 8.00. The van der Waals surface area contributed by atoms with E-state index in [0.717, 1.165) is 17.3 Å². The molecule has 1 aliphatic rings. The van der Waals surface area contributed by atoms with Gasteiger partial charge in [0.15, 0.2) is 5.69 Å². The molecular formula is C15H16N2O2S. The van der Waals surface area contributed by atoms with Gasteiger partial charge in [-0.15, -0.1) is 0 Å². The van der Waals surface area contributed by atoms with Crippen molar-refractivity contribution in [2.45, 2.75) is 18.1 Å².